The molecular weight excluding hydrogens is 260 g/mol. The molecule has 2 aromatic carbocycles. The molecule has 0 atom stereocenters. The van der Waals surface area contributed by atoms with Crippen molar-refractivity contribution >= 4 is 5.82 Å². The molecule has 0 amide bonds. The summed E-state index contributed by atoms with van der Waals surface area (Å²) in [4.78, 5) is 0. The summed E-state index contributed by atoms with van der Waals surface area (Å²) in [6.07, 6.45) is 0. The van der Waals surface area contributed by atoms with Crippen molar-refractivity contribution in [3.8, 4) is 16.9 Å². The normalized spacial score (nSPS) is 10.7. The summed E-state index contributed by atoms with van der Waals surface area (Å²) in [6.45, 7) is 0. The smallest absolute Gasteiger partial charge is 0.127 e. The minimum Gasteiger partial charge on any atom is -0.384 e. The molecule has 0 unspecified atom stereocenters. The van der Waals surface area contributed by atoms with Gasteiger partial charge in [-0.05, 0) is 24.3 Å². The summed E-state index contributed by atoms with van der Waals surface area (Å²) in [5.41, 5.74) is 7.46. The van der Waals surface area contributed by atoms with Gasteiger partial charge in [-0.2, -0.15) is 5.10 Å². The first-order valence-electron chi connectivity index (χ1n) is 6.01. The molecule has 20 heavy (non-hydrogen) atoms. The van der Waals surface area contributed by atoms with E-state index in [1.165, 1.54) is 16.8 Å². The molecule has 0 fully saturated rings. The summed E-state index contributed by atoms with van der Waals surface area (Å²) in [5, 5.41) is 4.29. The zero-order valence-corrected chi connectivity index (χ0v) is 10.4. The molecule has 0 saturated heterocycles. The molecule has 3 aromatic rings. The number of rotatable bonds is 2. The highest BCUT2D eigenvalue weighted by atomic mass is 19.1. The van der Waals surface area contributed by atoms with E-state index in [1.807, 2.05) is 30.3 Å². The Kier molecular flexibility index (Phi) is 2.95. The predicted octanol–water partition coefficient (Wildman–Crippen LogP) is 3.40. The summed E-state index contributed by atoms with van der Waals surface area (Å²) < 4.78 is 28.0. The van der Waals surface area contributed by atoms with E-state index in [2.05, 4.69) is 5.10 Å². The molecule has 5 heteroatoms. The molecule has 0 spiro atoms. The third-order valence-corrected chi connectivity index (χ3v) is 2.90. The molecule has 0 aliphatic heterocycles. The molecule has 0 aliphatic carbocycles. The van der Waals surface area contributed by atoms with E-state index in [1.54, 1.807) is 6.07 Å². The Morgan fingerprint density at radius 1 is 0.900 bits per heavy atom. The topological polar surface area (TPSA) is 43.8 Å². The van der Waals surface area contributed by atoms with Crippen molar-refractivity contribution in [2.45, 2.75) is 0 Å². The number of nitrogens with zero attached hydrogens (tertiary/aromatic N) is 2. The van der Waals surface area contributed by atoms with Crippen LogP contribution in [0.4, 0.5) is 14.6 Å². The summed E-state index contributed by atoms with van der Waals surface area (Å²) >= 11 is 0. The van der Waals surface area contributed by atoms with Crippen molar-refractivity contribution in [1.29, 1.82) is 0 Å². The second-order valence-electron chi connectivity index (χ2n) is 4.36. The number of para-hydroxylation sites is 1. The van der Waals surface area contributed by atoms with Crippen LogP contribution in [0.2, 0.25) is 0 Å². The Labute approximate surface area is 114 Å². The van der Waals surface area contributed by atoms with Crippen LogP contribution in [-0.4, -0.2) is 9.78 Å². The van der Waals surface area contributed by atoms with Gasteiger partial charge in [-0.1, -0.05) is 18.2 Å². The van der Waals surface area contributed by atoms with Gasteiger partial charge >= 0.3 is 0 Å². The van der Waals surface area contributed by atoms with Crippen molar-refractivity contribution in [2.75, 3.05) is 5.73 Å². The van der Waals surface area contributed by atoms with Crippen LogP contribution < -0.4 is 5.73 Å². The van der Waals surface area contributed by atoms with E-state index >= 15 is 0 Å². The summed E-state index contributed by atoms with van der Waals surface area (Å²) in [7, 11) is 0. The van der Waals surface area contributed by atoms with Gasteiger partial charge in [0.25, 0.3) is 0 Å². The molecule has 100 valence electrons. The second-order valence-corrected chi connectivity index (χ2v) is 4.36. The van der Waals surface area contributed by atoms with Gasteiger partial charge in [0.15, 0.2) is 0 Å². The van der Waals surface area contributed by atoms with Crippen LogP contribution in [0.1, 0.15) is 0 Å². The molecule has 3 rings (SSSR count). The molecule has 2 N–H and O–H groups in total. The molecule has 0 radical (unpaired) electrons. The first kappa shape index (κ1) is 12.3. The maximum absolute atomic E-state index is 13.2. The molecule has 1 heterocycles. The molecule has 1 aromatic heterocycles. The lowest BCUT2D eigenvalue weighted by Gasteiger charge is -2.02. The number of nitrogens with two attached hydrogens (primary N) is 1. The molecule has 0 bridgehead atoms. The number of aromatic nitrogens is 2. The van der Waals surface area contributed by atoms with Gasteiger partial charge in [-0.25, -0.2) is 13.5 Å². The van der Waals surface area contributed by atoms with Crippen LogP contribution in [0.25, 0.3) is 16.9 Å². The standard InChI is InChI=1S/C15H11F2N3/c16-11-6-10(7-12(17)8-11)14-9-15(18)20(19-14)13-4-2-1-3-5-13/h1-9H,18H2. The minimum absolute atomic E-state index is 0.351. The van der Waals surface area contributed by atoms with Gasteiger partial charge in [0, 0.05) is 17.7 Å². The van der Waals surface area contributed by atoms with E-state index in [9.17, 15) is 8.78 Å². The van der Waals surface area contributed by atoms with Gasteiger partial charge in [-0.3, -0.25) is 0 Å². The zero-order chi connectivity index (χ0) is 14.1. The molecule has 3 nitrogen and oxygen atoms in total. The van der Waals surface area contributed by atoms with Crippen LogP contribution in [-0.2, 0) is 0 Å². The highest BCUT2D eigenvalue weighted by molar-refractivity contribution is 5.63. The van der Waals surface area contributed by atoms with Crippen molar-refractivity contribution in [1.82, 2.24) is 9.78 Å². The Bertz CT molecular complexity index is 731. The summed E-state index contributed by atoms with van der Waals surface area (Å²) in [6, 6.07) is 14.1. The average Bonchev–Trinajstić information content (AvgIpc) is 2.81. The van der Waals surface area contributed by atoms with Gasteiger partial charge in [0.2, 0.25) is 0 Å². The fourth-order valence-electron chi connectivity index (χ4n) is 2.01. The van der Waals surface area contributed by atoms with Gasteiger partial charge in [-0.15, -0.1) is 0 Å². The molecule has 0 saturated carbocycles. The third-order valence-electron chi connectivity index (χ3n) is 2.90. The largest absolute Gasteiger partial charge is 0.384 e. The lowest BCUT2D eigenvalue weighted by molar-refractivity contribution is 0.584. The van der Waals surface area contributed by atoms with E-state index in [0.29, 0.717) is 17.1 Å². The van der Waals surface area contributed by atoms with Crippen LogP contribution in [0.3, 0.4) is 0 Å². The van der Waals surface area contributed by atoms with Crippen LogP contribution in [0.15, 0.2) is 54.6 Å². The van der Waals surface area contributed by atoms with Crippen molar-refractivity contribution < 1.29 is 8.78 Å². The lowest BCUT2D eigenvalue weighted by Crippen LogP contribution is -2.01. The number of halogens is 2. The first-order chi connectivity index (χ1) is 9.63. The highest BCUT2D eigenvalue weighted by Crippen LogP contribution is 2.24. The predicted molar refractivity (Wildman–Crippen MR) is 73.3 cm³/mol. The molecule has 0 aliphatic rings. The van der Waals surface area contributed by atoms with Gasteiger partial charge < -0.3 is 5.73 Å². The van der Waals surface area contributed by atoms with Crippen LogP contribution in [0, 0.1) is 11.6 Å². The number of hydrogen-bond donors (Lipinski definition) is 1. The number of nitrogen functional groups attached to an aromatic ring is 1. The quantitative estimate of drug-likeness (QED) is 0.776. The minimum atomic E-state index is -0.646. The molecular formula is C15H11F2N3. The fraction of sp³-hybridized carbons (Fsp3) is 0. The van der Waals surface area contributed by atoms with E-state index in [-0.39, 0.29) is 0 Å². The summed E-state index contributed by atoms with van der Waals surface area (Å²) in [5.74, 6) is -0.892. The fourth-order valence-corrected chi connectivity index (χ4v) is 2.01. The highest BCUT2D eigenvalue weighted by Gasteiger charge is 2.10. The van der Waals surface area contributed by atoms with Gasteiger partial charge in [0.05, 0.1) is 11.4 Å². The maximum Gasteiger partial charge on any atom is 0.127 e. The van der Waals surface area contributed by atoms with Crippen molar-refractivity contribution in [3.05, 3.63) is 66.2 Å². The third kappa shape index (κ3) is 2.25. The first-order valence-corrected chi connectivity index (χ1v) is 6.01. The van der Waals surface area contributed by atoms with Gasteiger partial charge in [0.1, 0.15) is 17.5 Å². The Hall–Kier alpha value is -2.69. The van der Waals surface area contributed by atoms with E-state index < -0.39 is 11.6 Å². The Balaban J connectivity index is 2.09. The number of hydrogen-bond acceptors (Lipinski definition) is 2. The lowest BCUT2D eigenvalue weighted by atomic mass is 10.1. The maximum atomic E-state index is 13.2. The Morgan fingerprint density at radius 2 is 1.55 bits per heavy atom. The SMILES string of the molecule is Nc1cc(-c2cc(F)cc(F)c2)nn1-c1ccccc1. The van der Waals surface area contributed by atoms with Crippen molar-refractivity contribution in [3.63, 3.8) is 0 Å². The number of benzene rings is 2. The van der Waals surface area contributed by atoms with Crippen LogP contribution in [0.5, 0.6) is 0 Å². The second kappa shape index (κ2) is 4.77. The number of anilines is 1. The van der Waals surface area contributed by atoms with Crippen LogP contribution >= 0.6 is 0 Å². The monoisotopic (exact) mass is 271 g/mol. The van der Waals surface area contributed by atoms with E-state index in [4.69, 9.17) is 5.73 Å². The van der Waals surface area contributed by atoms with Crippen molar-refractivity contribution in [2.24, 2.45) is 0 Å². The zero-order valence-electron chi connectivity index (χ0n) is 10.4. The van der Waals surface area contributed by atoms with E-state index in [0.717, 1.165) is 11.8 Å². The Morgan fingerprint density at radius 3 is 2.20 bits per heavy atom. The average molecular weight is 271 g/mol.